The Hall–Kier alpha value is -0.790. The number of benzene rings is 1. The molecular weight excluding hydrogens is 182 g/mol. The van der Waals surface area contributed by atoms with Crippen molar-refractivity contribution in [2.75, 3.05) is 6.54 Å². The number of nitrogens with two attached hydrogens (primary N) is 1. The van der Waals surface area contributed by atoms with Gasteiger partial charge in [-0.15, -0.1) is 0 Å². The summed E-state index contributed by atoms with van der Waals surface area (Å²) in [5.74, 6) is 0. The summed E-state index contributed by atoms with van der Waals surface area (Å²) in [6.07, 6.45) is 3.02. The minimum absolute atomic E-state index is 0.579. The number of hydrogen-bond donors (Lipinski definition) is 1. The van der Waals surface area contributed by atoms with E-state index in [1.807, 2.05) is 24.3 Å². The molecule has 0 aliphatic rings. The molecule has 70 valence electrons. The van der Waals surface area contributed by atoms with Gasteiger partial charge in [0.15, 0.2) is 0 Å². The molecule has 0 atom stereocenters. The van der Waals surface area contributed by atoms with Crippen LogP contribution in [0.15, 0.2) is 30.3 Å². The van der Waals surface area contributed by atoms with Gasteiger partial charge in [-0.1, -0.05) is 36.7 Å². The SMILES string of the molecule is CCC(=CCN)c1cccc(Cl)c1. The zero-order chi connectivity index (χ0) is 9.68. The first kappa shape index (κ1) is 10.3. The van der Waals surface area contributed by atoms with Crippen molar-refractivity contribution in [3.63, 3.8) is 0 Å². The average Bonchev–Trinajstić information content (AvgIpc) is 2.14. The van der Waals surface area contributed by atoms with Crippen LogP contribution in [-0.2, 0) is 0 Å². The topological polar surface area (TPSA) is 26.0 Å². The van der Waals surface area contributed by atoms with E-state index in [0.29, 0.717) is 6.54 Å². The van der Waals surface area contributed by atoms with Gasteiger partial charge in [-0.05, 0) is 29.7 Å². The molecule has 0 saturated carbocycles. The van der Waals surface area contributed by atoms with Crippen molar-refractivity contribution in [3.05, 3.63) is 40.9 Å². The first-order chi connectivity index (χ1) is 6.27. The molecule has 1 aromatic rings. The molecule has 0 aromatic heterocycles. The van der Waals surface area contributed by atoms with E-state index in [2.05, 4.69) is 13.0 Å². The maximum absolute atomic E-state index is 5.89. The zero-order valence-electron chi connectivity index (χ0n) is 7.76. The Bertz CT molecular complexity index is 305. The molecule has 0 aliphatic heterocycles. The van der Waals surface area contributed by atoms with Crippen molar-refractivity contribution in [2.45, 2.75) is 13.3 Å². The normalized spacial score (nSPS) is 11.8. The second kappa shape index (κ2) is 5.05. The van der Waals surface area contributed by atoms with Crippen molar-refractivity contribution in [3.8, 4) is 0 Å². The number of hydrogen-bond acceptors (Lipinski definition) is 1. The molecule has 0 bridgehead atoms. The van der Waals surface area contributed by atoms with E-state index in [0.717, 1.165) is 11.4 Å². The largest absolute Gasteiger partial charge is 0.327 e. The predicted octanol–water partition coefficient (Wildman–Crippen LogP) is 3.09. The number of rotatable bonds is 3. The maximum Gasteiger partial charge on any atom is 0.0412 e. The number of allylic oxidation sites excluding steroid dienone is 1. The van der Waals surface area contributed by atoms with Crippen molar-refractivity contribution >= 4 is 17.2 Å². The Labute approximate surface area is 84.2 Å². The summed E-state index contributed by atoms with van der Waals surface area (Å²) < 4.78 is 0. The second-order valence-corrected chi connectivity index (χ2v) is 3.27. The molecule has 2 N–H and O–H groups in total. The summed E-state index contributed by atoms with van der Waals surface area (Å²) in [4.78, 5) is 0. The lowest BCUT2D eigenvalue weighted by Crippen LogP contribution is -1.95. The Morgan fingerprint density at radius 2 is 2.31 bits per heavy atom. The molecule has 0 fully saturated rings. The third kappa shape index (κ3) is 2.87. The van der Waals surface area contributed by atoms with Gasteiger partial charge < -0.3 is 5.73 Å². The lowest BCUT2D eigenvalue weighted by Gasteiger charge is -2.04. The second-order valence-electron chi connectivity index (χ2n) is 2.83. The minimum atomic E-state index is 0.579. The fourth-order valence-electron chi connectivity index (χ4n) is 1.30. The van der Waals surface area contributed by atoms with Crippen LogP contribution in [0.1, 0.15) is 18.9 Å². The number of halogens is 1. The van der Waals surface area contributed by atoms with Gasteiger partial charge >= 0.3 is 0 Å². The quantitative estimate of drug-likeness (QED) is 0.788. The Kier molecular flexibility index (Phi) is 4.00. The predicted molar refractivity (Wildman–Crippen MR) is 58.8 cm³/mol. The molecule has 0 spiro atoms. The van der Waals surface area contributed by atoms with Crippen LogP contribution >= 0.6 is 11.6 Å². The molecule has 0 amide bonds. The van der Waals surface area contributed by atoms with Crippen molar-refractivity contribution in [2.24, 2.45) is 5.73 Å². The van der Waals surface area contributed by atoms with E-state index in [-0.39, 0.29) is 0 Å². The Balaban J connectivity index is 2.98. The van der Waals surface area contributed by atoms with E-state index < -0.39 is 0 Å². The molecule has 1 nitrogen and oxygen atoms in total. The van der Waals surface area contributed by atoms with E-state index in [9.17, 15) is 0 Å². The van der Waals surface area contributed by atoms with Crippen molar-refractivity contribution in [1.29, 1.82) is 0 Å². The molecular formula is C11H14ClN. The third-order valence-corrected chi connectivity index (χ3v) is 2.18. The monoisotopic (exact) mass is 195 g/mol. The molecule has 2 heteroatoms. The van der Waals surface area contributed by atoms with Crippen LogP contribution in [0.3, 0.4) is 0 Å². The van der Waals surface area contributed by atoms with Gasteiger partial charge in [0.1, 0.15) is 0 Å². The van der Waals surface area contributed by atoms with E-state index >= 15 is 0 Å². The van der Waals surface area contributed by atoms with Crippen LogP contribution in [-0.4, -0.2) is 6.54 Å². The fourth-order valence-corrected chi connectivity index (χ4v) is 1.49. The smallest absolute Gasteiger partial charge is 0.0412 e. The van der Waals surface area contributed by atoms with E-state index in [1.165, 1.54) is 11.1 Å². The Morgan fingerprint density at radius 1 is 1.54 bits per heavy atom. The van der Waals surface area contributed by atoms with E-state index in [4.69, 9.17) is 17.3 Å². The van der Waals surface area contributed by atoms with Crippen LogP contribution in [0.2, 0.25) is 5.02 Å². The first-order valence-electron chi connectivity index (χ1n) is 4.43. The third-order valence-electron chi connectivity index (χ3n) is 1.94. The molecule has 0 saturated heterocycles. The highest BCUT2D eigenvalue weighted by molar-refractivity contribution is 6.30. The summed E-state index contributed by atoms with van der Waals surface area (Å²) in [6.45, 7) is 2.69. The molecule has 0 unspecified atom stereocenters. The van der Waals surface area contributed by atoms with Gasteiger partial charge in [-0.3, -0.25) is 0 Å². The van der Waals surface area contributed by atoms with Gasteiger partial charge in [0.25, 0.3) is 0 Å². The van der Waals surface area contributed by atoms with Crippen LogP contribution in [0, 0.1) is 0 Å². The van der Waals surface area contributed by atoms with Crippen molar-refractivity contribution < 1.29 is 0 Å². The highest BCUT2D eigenvalue weighted by Gasteiger charge is 1.98. The van der Waals surface area contributed by atoms with Gasteiger partial charge in [0, 0.05) is 11.6 Å². The standard InChI is InChI=1S/C11H14ClN/c1-2-9(6-7-13)10-4-3-5-11(12)8-10/h3-6,8H,2,7,13H2,1H3. The van der Waals surface area contributed by atoms with Gasteiger partial charge in [0.2, 0.25) is 0 Å². The molecule has 0 aliphatic carbocycles. The van der Waals surface area contributed by atoms with Crippen LogP contribution < -0.4 is 5.73 Å². The lowest BCUT2D eigenvalue weighted by molar-refractivity contribution is 1.19. The van der Waals surface area contributed by atoms with E-state index in [1.54, 1.807) is 0 Å². The molecule has 0 heterocycles. The van der Waals surface area contributed by atoms with Gasteiger partial charge in [-0.25, -0.2) is 0 Å². The molecule has 1 aromatic carbocycles. The Morgan fingerprint density at radius 3 is 2.85 bits per heavy atom. The highest BCUT2D eigenvalue weighted by atomic mass is 35.5. The van der Waals surface area contributed by atoms with Crippen LogP contribution in [0.5, 0.6) is 0 Å². The fraction of sp³-hybridized carbons (Fsp3) is 0.273. The summed E-state index contributed by atoms with van der Waals surface area (Å²) in [6, 6.07) is 7.85. The summed E-state index contributed by atoms with van der Waals surface area (Å²) >= 11 is 5.89. The van der Waals surface area contributed by atoms with Gasteiger partial charge in [-0.2, -0.15) is 0 Å². The molecule has 1 rings (SSSR count). The maximum atomic E-state index is 5.89. The van der Waals surface area contributed by atoms with Gasteiger partial charge in [0.05, 0.1) is 0 Å². The summed E-state index contributed by atoms with van der Waals surface area (Å²) in [5.41, 5.74) is 7.89. The van der Waals surface area contributed by atoms with Crippen LogP contribution in [0.4, 0.5) is 0 Å². The first-order valence-corrected chi connectivity index (χ1v) is 4.80. The summed E-state index contributed by atoms with van der Waals surface area (Å²) in [5, 5.41) is 0.772. The zero-order valence-corrected chi connectivity index (χ0v) is 8.51. The average molecular weight is 196 g/mol. The minimum Gasteiger partial charge on any atom is -0.327 e. The summed E-state index contributed by atoms with van der Waals surface area (Å²) in [7, 11) is 0. The highest BCUT2D eigenvalue weighted by Crippen LogP contribution is 2.20. The van der Waals surface area contributed by atoms with Crippen molar-refractivity contribution in [1.82, 2.24) is 0 Å². The van der Waals surface area contributed by atoms with Crippen LogP contribution in [0.25, 0.3) is 5.57 Å². The molecule has 0 radical (unpaired) electrons. The molecule has 13 heavy (non-hydrogen) atoms. The lowest BCUT2D eigenvalue weighted by atomic mass is 10.0.